The van der Waals surface area contributed by atoms with Crippen LogP contribution in [0.25, 0.3) is 0 Å². The third kappa shape index (κ3) is 3.65. The fourth-order valence-electron chi connectivity index (χ4n) is 4.45. The summed E-state index contributed by atoms with van der Waals surface area (Å²) in [5.74, 6) is -3.41. The summed E-state index contributed by atoms with van der Waals surface area (Å²) in [5, 5.41) is 2.84. The number of benzene rings is 2. The number of ether oxygens (including phenoxy) is 1. The van der Waals surface area contributed by atoms with Crippen molar-refractivity contribution in [3.63, 3.8) is 0 Å². The van der Waals surface area contributed by atoms with E-state index < -0.39 is 29.5 Å². The van der Waals surface area contributed by atoms with Gasteiger partial charge in [-0.25, -0.2) is 4.39 Å². The maximum Gasteiger partial charge on any atom is 0.317 e. The van der Waals surface area contributed by atoms with E-state index in [1.54, 1.807) is 19.1 Å². The van der Waals surface area contributed by atoms with Crippen molar-refractivity contribution in [3.8, 4) is 0 Å². The Morgan fingerprint density at radius 2 is 1.73 bits per heavy atom. The molecule has 0 bridgehead atoms. The molecule has 2 aromatic rings. The van der Waals surface area contributed by atoms with Crippen LogP contribution >= 0.6 is 0 Å². The van der Waals surface area contributed by atoms with Crippen molar-refractivity contribution in [2.45, 2.75) is 31.6 Å². The van der Waals surface area contributed by atoms with Crippen molar-refractivity contribution in [2.24, 2.45) is 5.92 Å². The van der Waals surface area contributed by atoms with Crippen molar-refractivity contribution in [3.05, 3.63) is 82.8 Å². The molecule has 3 atom stereocenters. The summed E-state index contributed by atoms with van der Waals surface area (Å²) in [4.78, 5) is 38.9. The minimum absolute atomic E-state index is 0.0712. The first-order valence-electron chi connectivity index (χ1n) is 10.0. The number of hydrogen-bond acceptors (Lipinski definition) is 4. The number of Topliss-reactive ketones (excluding diaryl/α,β-unsaturated/α-hetero) is 1. The monoisotopic (exact) mass is 407 g/mol. The van der Waals surface area contributed by atoms with Gasteiger partial charge in [0.1, 0.15) is 11.7 Å². The Labute approximate surface area is 173 Å². The smallest absolute Gasteiger partial charge is 0.317 e. The summed E-state index contributed by atoms with van der Waals surface area (Å²) in [6.45, 7) is 1.88. The number of halogens is 1. The Hall–Kier alpha value is -3.28. The minimum atomic E-state index is -0.982. The summed E-state index contributed by atoms with van der Waals surface area (Å²) in [6, 6.07) is 15.1. The van der Waals surface area contributed by atoms with E-state index in [0.29, 0.717) is 23.3 Å². The van der Waals surface area contributed by atoms with Gasteiger partial charge in [-0.15, -0.1) is 0 Å². The molecule has 0 spiro atoms. The van der Waals surface area contributed by atoms with E-state index in [9.17, 15) is 18.8 Å². The number of rotatable bonds is 4. The first-order valence-corrected chi connectivity index (χ1v) is 10.0. The fourth-order valence-corrected chi connectivity index (χ4v) is 4.45. The van der Waals surface area contributed by atoms with E-state index in [4.69, 9.17) is 4.74 Å². The summed E-state index contributed by atoms with van der Waals surface area (Å²) >= 11 is 0. The summed E-state index contributed by atoms with van der Waals surface area (Å²) in [7, 11) is 0. The van der Waals surface area contributed by atoms with Crippen molar-refractivity contribution in [1.82, 2.24) is 5.32 Å². The molecule has 2 aromatic carbocycles. The quantitative estimate of drug-likeness (QED) is 0.621. The van der Waals surface area contributed by atoms with E-state index in [1.807, 2.05) is 30.3 Å². The second-order valence-electron chi connectivity index (χ2n) is 7.56. The Bertz CT molecular complexity index is 1010. The van der Waals surface area contributed by atoms with Crippen LogP contribution in [-0.2, 0) is 19.1 Å². The molecule has 0 saturated carbocycles. The molecule has 0 saturated heterocycles. The van der Waals surface area contributed by atoms with Crippen LogP contribution < -0.4 is 5.32 Å². The van der Waals surface area contributed by atoms with Gasteiger partial charge in [0.15, 0.2) is 5.78 Å². The van der Waals surface area contributed by atoms with Crippen molar-refractivity contribution in [2.75, 3.05) is 6.61 Å². The highest BCUT2D eigenvalue weighted by molar-refractivity contribution is 6.12. The van der Waals surface area contributed by atoms with Gasteiger partial charge in [-0.3, -0.25) is 14.4 Å². The van der Waals surface area contributed by atoms with E-state index in [0.717, 1.165) is 5.56 Å². The molecule has 1 heterocycles. The maximum atomic E-state index is 13.6. The van der Waals surface area contributed by atoms with Crippen LogP contribution in [0.3, 0.4) is 0 Å². The van der Waals surface area contributed by atoms with Gasteiger partial charge in [0.2, 0.25) is 5.91 Å². The minimum Gasteiger partial charge on any atom is -0.465 e. The highest BCUT2D eigenvalue weighted by Gasteiger charge is 2.47. The van der Waals surface area contributed by atoms with Crippen LogP contribution in [0.1, 0.15) is 42.7 Å². The summed E-state index contributed by atoms with van der Waals surface area (Å²) in [6.07, 6.45) is 0.416. The highest BCUT2D eigenvalue weighted by atomic mass is 19.1. The van der Waals surface area contributed by atoms with Crippen LogP contribution in [0.15, 0.2) is 65.9 Å². The molecule has 6 heteroatoms. The zero-order valence-electron chi connectivity index (χ0n) is 16.6. The van der Waals surface area contributed by atoms with Gasteiger partial charge in [0, 0.05) is 29.5 Å². The third-order valence-electron chi connectivity index (χ3n) is 5.77. The van der Waals surface area contributed by atoms with Gasteiger partial charge in [0.05, 0.1) is 6.61 Å². The molecule has 1 aliphatic heterocycles. The van der Waals surface area contributed by atoms with Crippen LogP contribution in [0, 0.1) is 11.7 Å². The number of hydrogen-bond donors (Lipinski definition) is 1. The van der Waals surface area contributed by atoms with E-state index in [-0.39, 0.29) is 24.7 Å². The van der Waals surface area contributed by atoms with Crippen molar-refractivity contribution >= 4 is 17.7 Å². The number of allylic oxidation sites excluding steroid dienone is 2. The molecular formula is C24H22FNO4. The Morgan fingerprint density at radius 3 is 2.40 bits per heavy atom. The third-order valence-corrected chi connectivity index (χ3v) is 5.77. The molecule has 0 unspecified atom stereocenters. The molecule has 0 radical (unpaired) electrons. The average Bonchev–Trinajstić information content (AvgIpc) is 2.74. The van der Waals surface area contributed by atoms with Gasteiger partial charge in [-0.1, -0.05) is 42.5 Å². The van der Waals surface area contributed by atoms with Gasteiger partial charge in [0.25, 0.3) is 0 Å². The number of amides is 1. The maximum absolute atomic E-state index is 13.6. The number of carbonyl (C=O) groups excluding carboxylic acids is 3. The molecule has 1 N–H and O–H groups in total. The number of esters is 1. The van der Waals surface area contributed by atoms with E-state index >= 15 is 0 Å². The molecule has 30 heavy (non-hydrogen) atoms. The highest BCUT2D eigenvalue weighted by Crippen LogP contribution is 2.45. The summed E-state index contributed by atoms with van der Waals surface area (Å²) < 4.78 is 18.7. The van der Waals surface area contributed by atoms with Gasteiger partial charge in [-0.05, 0) is 36.6 Å². The van der Waals surface area contributed by atoms with Crippen molar-refractivity contribution < 1.29 is 23.5 Å². The van der Waals surface area contributed by atoms with Gasteiger partial charge < -0.3 is 10.1 Å². The molecule has 154 valence electrons. The lowest BCUT2D eigenvalue weighted by Gasteiger charge is -2.38. The predicted octanol–water partition coefficient (Wildman–Crippen LogP) is 3.62. The molecule has 1 amide bonds. The fraction of sp³-hybridized carbons (Fsp3) is 0.292. The molecule has 5 nitrogen and oxygen atoms in total. The summed E-state index contributed by atoms with van der Waals surface area (Å²) in [5.41, 5.74) is 2.48. The van der Waals surface area contributed by atoms with Crippen molar-refractivity contribution in [1.29, 1.82) is 0 Å². The largest absolute Gasteiger partial charge is 0.465 e. The molecular weight excluding hydrogens is 385 g/mol. The lowest BCUT2D eigenvalue weighted by Crippen LogP contribution is -2.44. The zero-order valence-corrected chi connectivity index (χ0v) is 16.6. The van der Waals surface area contributed by atoms with Gasteiger partial charge >= 0.3 is 5.97 Å². The van der Waals surface area contributed by atoms with Gasteiger partial charge in [-0.2, -0.15) is 0 Å². The second kappa shape index (κ2) is 8.22. The standard InChI is InChI=1S/C24H22FNO4/c1-2-30-24(29)22-17(14-6-4-3-5-7-14)12-19-21(23(22)28)18(13-20(27)26-19)15-8-10-16(25)11-9-15/h3-11,17-18,22H,2,12-13H2,1H3,(H,26,27)/t17-,18+,22+/m1/s1. The van der Waals surface area contributed by atoms with E-state index in [1.165, 1.54) is 12.1 Å². The number of nitrogens with one attached hydrogen (secondary N) is 1. The van der Waals surface area contributed by atoms with Crippen LogP contribution in [0.5, 0.6) is 0 Å². The Kier molecular flexibility index (Phi) is 5.48. The van der Waals surface area contributed by atoms with Crippen LogP contribution in [0.4, 0.5) is 4.39 Å². The number of ketones is 1. The lowest BCUT2D eigenvalue weighted by molar-refractivity contribution is -0.152. The first kappa shape index (κ1) is 20.0. The molecule has 0 fully saturated rings. The normalized spacial score (nSPS) is 23.6. The second-order valence-corrected chi connectivity index (χ2v) is 7.56. The van der Waals surface area contributed by atoms with Crippen LogP contribution in [-0.4, -0.2) is 24.3 Å². The predicted molar refractivity (Wildman–Crippen MR) is 108 cm³/mol. The molecule has 0 aromatic heterocycles. The Morgan fingerprint density at radius 1 is 1.03 bits per heavy atom. The average molecular weight is 407 g/mol. The molecule has 4 rings (SSSR count). The first-order chi connectivity index (χ1) is 14.5. The Balaban J connectivity index is 1.81. The van der Waals surface area contributed by atoms with E-state index in [2.05, 4.69) is 5.32 Å². The zero-order chi connectivity index (χ0) is 21.3. The molecule has 1 aliphatic carbocycles. The molecule has 2 aliphatic rings. The lowest BCUT2D eigenvalue weighted by atomic mass is 9.68. The number of carbonyl (C=O) groups is 3. The SMILES string of the molecule is CCOC(=O)[C@@H]1C(=O)C2=C(C[C@@H]1c1ccccc1)NC(=O)C[C@H]2c1ccc(F)cc1. The van der Waals surface area contributed by atoms with Crippen LogP contribution in [0.2, 0.25) is 0 Å². The topological polar surface area (TPSA) is 72.5 Å².